The van der Waals surface area contributed by atoms with Crippen LogP contribution in [0.4, 0.5) is 10.5 Å². The topological polar surface area (TPSA) is 73.7 Å². The third-order valence-corrected chi connectivity index (χ3v) is 1.65. The molecule has 70 valence electrons. The summed E-state index contributed by atoms with van der Waals surface area (Å²) in [5.41, 5.74) is 0.993. The lowest BCUT2D eigenvalue weighted by Gasteiger charge is -2.12. The van der Waals surface area contributed by atoms with Crippen LogP contribution >= 0.6 is 0 Å². The normalized spacial score (nSPS) is 9.69. The molecule has 0 bridgehead atoms. The average molecular weight is 182 g/mol. The maximum Gasteiger partial charge on any atom is 0.411 e. The van der Waals surface area contributed by atoms with Crippen molar-refractivity contribution in [2.24, 2.45) is 0 Å². The van der Waals surface area contributed by atoms with Gasteiger partial charge >= 0.3 is 6.09 Å². The first-order valence-corrected chi connectivity index (χ1v) is 3.67. The Hall–Kier alpha value is -1.62. The fourth-order valence-corrected chi connectivity index (χ4v) is 0.819. The lowest BCUT2D eigenvalue weighted by Crippen LogP contribution is -2.23. The van der Waals surface area contributed by atoms with Gasteiger partial charge in [-0.25, -0.2) is 4.79 Å². The molecule has 0 aromatic carbocycles. The van der Waals surface area contributed by atoms with E-state index >= 15 is 0 Å². The zero-order valence-electron chi connectivity index (χ0n) is 7.14. The second-order valence-electron chi connectivity index (χ2n) is 2.51. The molecule has 5 nitrogen and oxygen atoms in total. The molecule has 0 aliphatic rings. The van der Waals surface area contributed by atoms with Crippen LogP contribution in [0.1, 0.15) is 5.69 Å². The Labute approximate surface area is 75.3 Å². The third-order valence-electron chi connectivity index (χ3n) is 1.65. The first kappa shape index (κ1) is 9.47. The molecule has 0 unspecified atom stereocenters. The second-order valence-corrected chi connectivity index (χ2v) is 2.51. The number of carboxylic acid groups (broad SMARTS) is 1. The summed E-state index contributed by atoms with van der Waals surface area (Å²) in [7, 11) is 1.43. The summed E-state index contributed by atoms with van der Waals surface area (Å²) < 4.78 is 0. The highest BCUT2D eigenvalue weighted by atomic mass is 16.4. The molecule has 1 rings (SSSR count). The number of aromatic nitrogens is 1. The van der Waals surface area contributed by atoms with Crippen LogP contribution in [0.2, 0.25) is 0 Å². The summed E-state index contributed by atoms with van der Waals surface area (Å²) in [6, 6.07) is 3.17. The fraction of sp³-hybridized carbons (Fsp3) is 0.250. The Bertz CT molecular complexity index is 297. The Balaban J connectivity index is 2.85. The molecule has 5 heteroatoms. The van der Waals surface area contributed by atoms with Crippen molar-refractivity contribution in [3.05, 3.63) is 24.0 Å². The van der Waals surface area contributed by atoms with Crippen molar-refractivity contribution in [1.29, 1.82) is 0 Å². The van der Waals surface area contributed by atoms with Crippen LogP contribution in [0.25, 0.3) is 0 Å². The van der Waals surface area contributed by atoms with E-state index in [1.165, 1.54) is 13.2 Å². The van der Waals surface area contributed by atoms with Crippen LogP contribution in [0.5, 0.6) is 0 Å². The Morgan fingerprint density at radius 3 is 2.69 bits per heavy atom. The summed E-state index contributed by atoms with van der Waals surface area (Å²) in [5.74, 6) is 0. The lowest BCUT2D eigenvalue weighted by atomic mass is 10.3. The molecular formula is C8H10N2O3. The van der Waals surface area contributed by atoms with E-state index in [4.69, 9.17) is 10.2 Å². The van der Waals surface area contributed by atoms with Crippen molar-refractivity contribution in [3.8, 4) is 0 Å². The Morgan fingerprint density at radius 2 is 2.31 bits per heavy atom. The molecule has 0 spiro atoms. The number of hydrogen-bond donors (Lipinski definition) is 2. The van der Waals surface area contributed by atoms with Crippen LogP contribution in [0.3, 0.4) is 0 Å². The zero-order chi connectivity index (χ0) is 9.84. The minimum Gasteiger partial charge on any atom is -0.465 e. The molecule has 1 aromatic heterocycles. The molecule has 0 aliphatic carbocycles. The highest BCUT2D eigenvalue weighted by molar-refractivity contribution is 5.84. The summed E-state index contributed by atoms with van der Waals surface area (Å²) in [5, 5.41) is 17.3. The Morgan fingerprint density at radius 1 is 1.62 bits per heavy atom. The van der Waals surface area contributed by atoms with Crippen molar-refractivity contribution >= 4 is 11.8 Å². The first-order valence-electron chi connectivity index (χ1n) is 3.67. The summed E-state index contributed by atoms with van der Waals surface area (Å²) in [4.78, 5) is 15.4. The third kappa shape index (κ3) is 2.16. The minimum atomic E-state index is -1.04. The van der Waals surface area contributed by atoms with Gasteiger partial charge in [0.2, 0.25) is 0 Å². The molecule has 0 fully saturated rings. The molecular weight excluding hydrogens is 172 g/mol. The summed E-state index contributed by atoms with van der Waals surface area (Å²) in [6.07, 6.45) is 0.359. The van der Waals surface area contributed by atoms with Gasteiger partial charge in [0, 0.05) is 7.05 Å². The molecule has 13 heavy (non-hydrogen) atoms. The van der Waals surface area contributed by atoms with Gasteiger partial charge in [0.15, 0.2) is 0 Å². The van der Waals surface area contributed by atoms with Crippen molar-refractivity contribution in [3.63, 3.8) is 0 Å². The fourth-order valence-electron chi connectivity index (χ4n) is 0.819. The van der Waals surface area contributed by atoms with E-state index in [9.17, 15) is 4.79 Å². The Kier molecular flexibility index (Phi) is 2.81. The zero-order valence-corrected chi connectivity index (χ0v) is 7.14. The van der Waals surface area contributed by atoms with Crippen molar-refractivity contribution in [2.45, 2.75) is 6.61 Å². The van der Waals surface area contributed by atoms with Crippen LogP contribution < -0.4 is 4.90 Å². The van der Waals surface area contributed by atoms with E-state index < -0.39 is 6.09 Å². The van der Waals surface area contributed by atoms with Crippen LogP contribution in [0, 0.1) is 0 Å². The molecule has 0 aliphatic heterocycles. The van der Waals surface area contributed by atoms with Gasteiger partial charge in [0.1, 0.15) is 0 Å². The van der Waals surface area contributed by atoms with Crippen molar-refractivity contribution in [2.75, 3.05) is 11.9 Å². The number of carbonyl (C=O) groups is 1. The number of anilines is 1. The first-order chi connectivity index (χ1) is 6.15. The standard InChI is InChI=1S/C8H10N2O3/c1-10(8(12)13)7-3-2-6(5-11)9-4-7/h2-4,11H,5H2,1H3,(H,12,13). The van der Waals surface area contributed by atoms with Gasteiger partial charge < -0.3 is 10.2 Å². The maximum absolute atomic E-state index is 10.5. The van der Waals surface area contributed by atoms with E-state index in [1.807, 2.05) is 0 Å². The second kappa shape index (κ2) is 3.86. The van der Waals surface area contributed by atoms with Gasteiger partial charge in [-0.3, -0.25) is 9.88 Å². The number of rotatable bonds is 2. The van der Waals surface area contributed by atoms with E-state index in [0.29, 0.717) is 11.4 Å². The molecule has 0 radical (unpaired) electrons. The van der Waals surface area contributed by atoms with Gasteiger partial charge in [0.25, 0.3) is 0 Å². The number of aliphatic hydroxyl groups excluding tert-OH is 1. The van der Waals surface area contributed by atoms with Crippen LogP contribution in [0.15, 0.2) is 18.3 Å². The van der Waals surface area contributed by atoms with E-state index in [1.54, 1.807) is 12.1 Å². The monoisotopic (exact) mass is 182 g/mol. The predicted molar refractivity (Wildman–Crippen MR) is 46.6 cm³/mol. The summed E-state index contributed by atoms with van der Waals surface area (Å²) in [6.45, 7) is -0.142. The molecule has 1 heterocycles. The number of hydrogen-bond acceptors (Lipinski definition) is 3. The largest absolute Gasteiger partial charge is 0.465 e. The number of amides is 1. The molecule has 1 amide bonds. The van der Waals surface area contributed by atoms with E-state index in [-0.39, 0.29) is 6.61 Å². The number of pyridine rings is 1. The summed E-state index contributed by atoms with van der Waals surface area (Å²) >= 11 is 0. The highest BCUT2D eigenvalue weighted by Crippen LogP contribution is 2.10. The van der Waals surface area contributed by atoms with E-state index in [2.05, 4.69) is 4.98 Å². The van der Waals surface area contributed by atoms with Crippen LogP contribution in [-0.2, 0) is 6.61 Å². The molecule has 0 atom stereocenters. The average Bonchev–Trinajstić information content (AvgIpc) is 2.17. The SMILES string of the molecule is CN(C(=O)O)c1ccc(CO)nc1. The molecule has 0 saturated heterocycles. The lowest BCUT2D eigenvalue weighted by molar-refractivity contribution is 0.203. The number of aliphatic hydroxyl groups is 1. The minimum absolute atomic E-state index is 0.142. The smallest absolute Gasteiger partial charge is 0.411 e. The van der Waals surface area contributed by atoms with E-state index in [0.717, 1.165) is 4.90 Å². The van der Waals surface area contributed by atoms with Crippen molar-refractivity contribution in [1.82, 2.24) is 4.98 Å². The van der Waals surface area contributed by atoms with Gasteiger partial charge in [-0.2, -0.15) is 0 Å². The number of nitrogens with zero attached hydrogens (tertiary/aromatic N) is 2. The molecule has 0 saturated carbocycles. The van der Waals surface area contributed by atoms with Crippen LogP contribution in [-0.4, -0.2) is 28.3 Å². The quantitative estimate of drug-likeness (QED) is 0.705. The molecule has 2 N–H and O–H groups in total. The maximum atomic E-state index is 10.5. The van der Waals surface area contributed by atoms with Crippen molar-refractivity contribution < 1.29 is 15.0 Å². The van der Waals surface area contributed by atoms with Gasteiger partial charge in [0.05, 0.1) is 24.2 Å². The predicted octanol–water partition coefficient (Wildman–Crippen LogP) is 0.688. The van der Waals surface area contributed by atoms with Gasteiger partial charge in [-0.15, -0.1) is 0 Å². The molecule has 1 aromatic rings. The highest BCUT2D eigenvalue weighted by Gasteiger charge is 2.07. The van der Waals surface area contributed by atoms with Gasteiger partial charge in [-0.1, -0.05) is 0 Å². The van der Waals surface area contributed by atoms with Gasteiger partial charge in [-0.05, 0) is 12.1 Å².